The number of hydrogen-bond acceptors (Lipinski definition) is 3. The number of aliphatic carboxylic acids is 1. The highest BCUT2D eigenvalue weighted by atomic mass is 16.5. The largest absolute Gasteiger partial charge is 0.493 e. The number of hydrogen-bond donors (Lipinski definition) is 3. The number of ether oxygens (including phenoxy) is 1. The van der Waals surface area contributed by atoms with Gasteiger partial charge in [-0.05, 0) is 50.5 Å². The van der Waals surface area contributed by atoms with E-state index in [0.29, 0.717) is 38.1 Å². The molecule has 2 amide bonds. The molecule has 6 heteroatoms. The maximum atomic E-state index is 12.1. The van der Waals surface area contributed by atoms with Crippen LogP contribution in [0.3, 0.4) is 0 Å². The van der Waals surface area contributed by atoms with Crippen LogP contribution in [-0.2, 0) is 11.3 Å². The highest BCUT2D eigenvalue weighted by Gasteiger charge is 2.26. The van der Waals surface area contributed by atoms with Crippen LogP contribution >= 0.6 is 0 Å². The molecule has 6 nitrogen and oxygen atoms in total. The van der Waals surface area contributed by atoms with E-state index in [4.69, 9.17) is 9.84 Å². The Kier molecular flexibility index (Phi) is 5.79. The molecule has 25 heavy (non-hydrogen) atoms. The molecule has 2 aliphatic carbocycles. The lowest BCUT2D eigenvalue weighted by Gasteiger charge is -2.26. The fourth-order valence-corrected chi connectivity index (χ4v) is 3.18. The highest BCUT2D eigenvalue weighted by molar-refractivity contribution is 5.74. The minimum absolute atomic E-state index is 0.0527. The summed E-state index contributed by atoms with van der Waals surface area (Å²) in [5.74, 6) is 0.518. The summed E-state index contributed by atoms with van der Waals surface area (Å²) in [6, 6.07) is 7.61. The number of carbonyl (C=O) groups excluding carboxylic acids is 1. The van der Waals surface area contributed by atoms with Crippen molar-refractivity contribution in [3.63, 3.8) is 0 Å². The van der Waals surface area contributed by atoms with Crippen LogP contribution in [0, 0.1) is 11.8 Å². The standard InChI is InChI=1S/C19H26N2O4/c22-18(23)14-7-9-16(10-8-14)21-19(24)20-11-15-3-1-2-4-17(15)25-12-13-5-6-13/h1-4,13-14,16H,5-12H2,(H,22,23)(H2,20,21,24). The molecule has 2 fully saturated rings. The Balaban J connectivity index is 1.42. The van der Waals surface area contributed by atoms with Gasteiger partial charge in [-0.25, -0.2) is 4.79 Å². The summed E-state index contributed by atoms with van der Waals surface area (Å²) in [7, 11) is 0. The van der Waals surface area contributed by atoms with E-state index in [2.05, 4.69) is 10.6 Å². The fourth-order valence-electron chi connectivity index (χ4n) is 3.18. The average molecular weight is 346 g/mol. The minimum Gasteiger partial charge on any atom is -0.493 e. The lowest BCUT2D eigenvalue weighted by Crippen LogP contribution is -2.43. The minimum atomic E-state index is -0.731. The van der Waals surface area contributed by atoms with Crippen molar-refractivity contribution in [1.29, 1.82) is 0 Å². The third-order valence-electron chi connectivity index (χ3n) is 5.00. The van der Waals surface area contributed by atoms with Gasteiger partial charge < -0.3 is 20.5 Å². The Morgan fingerprint density at radius 1 is 1.08 bits per heavy atom. The lowest BCUT2D eigenvalue weighted by molar-refractivity contribution is -0.142. The van der Waals surface area contributed by atoms with Gasteiger partial charge in [0, 0.05) is 18.2 Å². The molecule has 1 aromatic rings. The summed E-state index contributed by atoms with van der Waals surface area (Å²) in [4.78, 5) is 23.1. The molecule has 0 saturated heterocycles. The van der Waals surface area contributed by atoms with Crippen molar-refractivity contribution in [3.8, 4) is 5.75 Å². The zero-order valence-corrected chi connectivity index (χ0v) is 14.4. The predicted octanol–water partition coefficient (Wildman–Crippen LogP) is 2.92. The van der Waals surface area contributed by atoms with Crippen LogP contribution in [0.5, 0.6) is 5.75 Å². The number of urea groups is 1. The number of carbonyl (C=O) groups is 2. The molecule has 0 bridgehead atoms. The molecule has 0 heterocycles. The molecule has 2 aliphatic rings. The Hall–Kier alpha value is -2.24. The lowest BCUT2D eigenvalue weighted by atomic mass is 9.86. The van der Waals surface area contributed by atoms with Gasteiger partial charge in [-0.3, -0.25) is 4.79 Å². The van der Waals surface area contributed by atoms with Gasteiger partial charge in [-0.2, -0.15) is 0 Å². The van der Waals surface area contributed by atoms with Gasteiger partial charge in [-0.15, -0.1) is 0 Å². The first kappa shape index (κ1) is 17.6. The summed E-state index contributed by atoms with van der Waals surface area (Å²) in [6.07, 6.45) is 5.16. The van der Waals surface area contributed by atoms with Crippen molar-refractivity contribution >= 4 is 12.0 Å². The van der Waals surface area contributed by atoms with E-state index in [0.717, 1.165) is 17.9 Å². The Bertz CT molecular complexity index is 607. The van der Waals surface area contributed by atoms with E-state index >= 15 is 0 Å². The second-order valence-corrected chi connectivity index (χ2v) is 7.08. The molecule has 3 rings (SSSR count). The van der Waals surface area contributed by atoms with Crippen molar-refractivity contribution < 1.29 is 19.4 Å². The van der Waals surface area contributed by atoms with Crippen LogP contribution < -0.4 is 15.4 Å². The van der Waals surface area contributed by atoms with Gasteiger partial charge in [0.15, 0.2) is 0 Å². The second-order valence-electron chi connectivity index (χ2n) is 7.08. The first-order chi connectivity index (χ1) is 12.1. The molecule has 136 valence electrons. The van der Waals surface area contributed by atoms with Crippen molar-refractivity contribution in [1.82, 2.24) is 10.6 Å². The predicted molar refractivity (Wildman–Crippen MR) is 93.4 cm³/mol. The van der Waals surface area contributed by atoms with Crippen LogP contribution in [0.15, 0.2) is 24.3 Å². The Morgan fingerprint density at radius 2 is 1.80 bits per heavy atom. The first-order valence-electron chi connectivity index (χ1n) is 9.09. The van der Waals surface area contributed by atoms with Crippen LogP contribution in [0.25, 0.3) is 0 Å². The third-order valence-corrected chi connectivity index (χ3v) is 5.00. The van der Waals surface area contributed by atoms with Gasteiger partial charge >= 0.3 is 12.0 Å². The summed E-state index contributed by atoms with van der Waals surface area (Å²) < 4.78 is 5.85. The highest BCUT2D eigenvalue weighted by Crippen LogP contribution is 2.30. The van der Waals surface area contributed by atoms with Gasteiger partial charge in [-0.1, -0.05) is 18.2 Å². The van der Waals surface area contributed by atoms with Crippen LogP contribution in [0.1, 0.15) is 44.1 Å². The molecular weight excluding hydrogens is 320 g/mol. The SMILES string of the molecule is O=C(NCc1ccccc1OCC1CC1)NC1CCC(C(=O)O)CC1. The maximum absolute atomic E-state index is 12.1. The molecule has 1 aromatic carbocycles. The molecule has 2 saturated carbocycles. The van der Waals surface area contributed by atoms with E-state index in [1.54, 1.807) is 0 Å². The summed E-state index contributed by atoms with van der Waals surface area (Å²) >= 11 is 0. The van der Waals surface area contributed by atoms with Gasteiger partial charge in [0.2, 0.25) is 0 Å². The quantitative estimate of drug-likeness (QED) is 0.708. The van der Waals surface area contributed by atoms with Crippen molar-refractivity contribution in [2.75, 3.05) is 6.61 Å². The van der Waals surface area contributed by atoms with E-state index in [1.807, 2.05) is 24.3 Å². The number of carboxylic acids is 1. The second kappa shape index (κ2) is 8.23. The number of para-hydroxylation sites is 1. The average Bonchev–Trinajstić information content (AvgIpc) is 3.44. The molecule has 0 unspecified atom stereocenters. The molecule has 0 aliphatic heterocycles. The number of amides is 2. The van der Waals surface area contributed by atoms with Crippen molar-refractivity contribution in [3.05, 3.63) is 29.8 Å². The number of carboxylic acid groups (broad SMARTS) is 1. The molecule has 0 radical (unpaired) electrons. The van der Waals surface area contributed by atoms with Crippen LogP contribution in [-0.4, -0.2) is 29.8 Å². The van der Waals surface area contributed by atoms with E-state index in [-0.39, 0.29) is 18.0 Å². The zero-order valence-electron chi connectivity index (χ0n) is 14.4. The number of benzene rings is 1. The van der Waals surface area contributed by atoms with E-state index in [1.165, 1.54) is 12.8 Å². The third kappa shape index (κ3) is 5.37. The fraction of sp³-hybridized carbons (Fsp3) is 0.579. The summed E-state index contributed by atoms with van der Waals surface area (Å²) in [5, 5.41) is 14.8. The zero-order chi connectivity index (χ0) is 17.6. The molecule has 0 aromatic heterocycles. The molecule has 3 N–H and O–H groups in total. The monoisotopic (exact) mass is 346 g/mol. The molecule has 0 atom stereocenters. The Morgan fingerprint density at radius 3 is 2.48 bits per heavy atom. The normalized spacial score (nSPS) is 22.9. The van der Waals surface area contributed by atoms with Crippen molar-refractivity contribution in [2.45, 2.75) is 51.1 Å². The summed E-state index contributed by atoms with van der Waals surface area (Å²) in [5.41, 5.74) is 0.966. The smallest absolute Gasteiger partial charge is 0.315 e. The van der Waals surface area contributed by atoms with E-state index in [9.17, 15) is 9.59 Å². The molecular formula is C19H26N2O4. The summed E-state index contributed by atoms with van der Waals surface area (Å²) in [6.45, 7) is 1.16. The van der Waals surface area contributed by atoms with Crippen molar-refractivity contribution in [2.24, 2.45) is 11.8 Å². The first-order valence-corrected chi connectivity index (χ1v) is 9.09. The number of rotatable bonds is 7. The van der Waals surface area contributed by atoms with Gasteiger partial charge in [0.25, 0.3) is 0 Å². The van der Waals surface area contributed by atoms with Gasteiger partial charge in [0.05, 0.1) is 12.5 Å². The maximum Gasteiger partial charge on any atom is 0.315 e. The van der Waals surface area contributed by atoms with Crippen LogP contribution in [0.4, 0.5) is 4.79 Å². The topological polar surface area (TPSA) is 87.7 Å². The van der Waals surface area contributed by atoms with Gasteiger partial charge in [0.1, 0.15) is 5.75 Å². The van der Waals surface area contributed by atoms with Crippen LogP contribution in [0.2, 0.25) is 0 Å². The van der Waals surface area contributed by atoms with E-state index < -0.39 is 5.97 Å². The number of nitrogens with one attached hydrogen (secondary N) is 2. The molecule has 0 spiro atoms. The Labute approximate surface area is 147 Å².